The summed E-state index contributed by atoms with van der Waals surface area (Å²) in [4.78, 5) is 12.3. The second-order valence-electron chi connectivity index (χ2n) is 9.15. The number of unbranched alkanes of at least 4 members (excludes halogenated alkanes) is 4. The molecule has 0 heterocycles. The summed E-state index contributed by atoms with van der Waals surface area (Å²) in [5, 5.41) is 0.177. The van der Waals surface area contributed by atoms with Crippen molar-refractivity contribution in [2.75, 3.05) is 13.2 Å². The maximum atomic E-state index is 12.3. The number of carbonyl (C=O) groups excluding carboxylic acids is 1. The molecule has 158 valence electrons. The van der Waals surface area contributed by atoms with Crippen molar-refractivity contribution < 1.29 is 18.7 Å². The number of rotatable bonds is 13. The summed E-state index contributed by atoms with van der Waals surface area (Å²) in [5.74, 6) is 0.289. The molecular formula is C22H42O4Si. The molecule has 0 aliphatic heterocycles. The molecule has 0 aromatic rings. The Morgan fingerprint density at radius 1 is 1.11 bits per heavy atom. The van der Waals surface area contributed by atoms with Crippen molar-refractivity contribution in [2.45, 2.75) is 110 Å². The number of Topliss-reactive ketones (excluding diaryl/α,β-unsaturated/α-hetero) is 1. The maximum absolute atomic E-state index is 12.3. The van der Waals surface area contributed by atoms with Crippen molar-refractivity contribution in [3.8, 4) is 0 Å². The fourth-order valence-electron chi connectivity index (χ4n) is 3.02. The lowest BCUT2D eigenvalue weighted by atomic mass is 10.0. The van der Waals surface area contributed by atoms with E-state index in [4.69, 9.17) is 13.9 Å². The fourth-order valence-corrected chi connectivity index (χ4v) is 4.29. The summed E-state index contributed by atoms with van der Waals surface area (Å²) in [6, 6.07) is 0. The van der Waals surface area contributed by atoms with E-state index in [1.807, 2.05) is 13.8 Å². The van der Waals surface area contributed by atoms with Crippen LogP contribution in [0.1, 0.15) is 79.6 Å². The average molecular weight is 399 g/mol. The van der Waals surface area contributed by atoms with Crippen LogP contribution in [0.15, 0.2) is 11.6 Å². The molecule has 0 spiro atoms. The molecule has 2 unspecified atom stereocenters. The summed E-state index contributed by atoms with van der Waals surface area (Å²) in [6.45, 7) is 16.6. The lowest BCUT2D eigenvalue weighted by Gasteiger charge is -2.37. The van der Waals surface area contributed by atoms with Gasteiger partial charge in [-0.05, 0) is 62.9 Å². The molecule has 0 N–H and O–H groups in total. The summed E-state index contributed by atoms with van der Waals surface area (Å²) >= 11 is 0. The minimum absolute atomic E-state index is 0.00197. The van der Waals surface area contributed by atoms with E-state index in [9.17, 15) is 4.79 Å². The Hall–Kier alpha value is -0.493. The molecule has 4 nitrogen and oxygen atoms in total. The van der Waals surface area contributed by atoms with Crippen LogP contribution in [0.4, 0.5) is 0 Å². The van der Waals surface area contributed by atoms with Crippen molar-refractivity contribution >= 4 is 14.1 Å². The zero-order valence-corrected chi connectivity index (χ0v) is 19.7. The lowest BCUT2D eigenvalue weighted by Crippen LogP contribution is -2.43. The Morgan fingerprint density at radius 3 is 2.37 bits per heavy atom. The zero-order chi connectivity index (χ0) is 20.5. The van der Waals surface area contributed by atoms with Crippen LogP contribution >= 0.6 is 0 Å². The molecule has 0 amide bonds. The molecule has 0 radical (unpaired) electrons. The van der Waals surface area contributed by atoms with E-state index >= 15 is 0 Å². The van der Waals surface area contributed by atoms with Gasteiger partial charge in [-0.1, -0.05) is 40.0 Å². The molecule has 0 saturated heterocycles. The molecule has 1 rings (SSSR count). The van der Waals surface area contributed by atoms with Crippen LogP contribution in [0, 0.1) is 0 Å². The molecule has 1 aliphatic rings. The van der Waals surface area contributed by atoms with Gasteiger partial charge in [0.1, 0.15) is 0 Å². The van der Waals surface area contributed by atoms with Gasteiger partial charge < -0.3 is 13.9 Å². The fraction of sp³-hybridized carbons (Fsp3) is 0.864. The summed E-state index contributed by atoms with van der Waals surface area (Å²) in [5.41, 5.74) is 0.993. The molecule has 0 bridgehead atoms. The van der Waals surface area contributed by atoms with E-state index in [-0.39, 0.29) is 23.2 Å². The first-order valence-corrected chi connectivity index (χ1v) is 13.6. The number of hydrogen-bond donors (Lipinski definition) is 0. The van der Waals surface area contributed by atoms with Crippen LogP contribution in [0.25, 0.3) is 0 Å². The Labute approximate surface area is 168 Å². The van der Waals surface area contributed by atoms with Gasteiger partial charge >= 0.3 is 0 Å². The Bertz CT molecular complexity index is 479. The summed E-state index contributed by atoms with van der Waals surface area (Å²) in [6.07, 6.45) is 9.12. The highest BCUT2D eigenvalue weighted by atomic mass is 28.4. The Morgan fingerprint density at radius 2 is 1.74 bits per heavy atom. The van der Waals surface area contributed by atoms with Crippen LogP contribution in [0.3, 0.4) is 0 Å². The third-order valence-electron chi connectivity index (χ3n) is 5.73. The number of carbonyl (C=O) groups is 1. The standard InChI is InChI=1S/C22H42O4Si/c1-8-24-18(2)25-15-13-11-9-10-12-14-19-16-20(17-21(19)23)26-27(6,7)22(3,4)5/h16,18,20H,8-15,17H2,1-7H3. The third kappa shape index (κ3) is 9.03. The van der Waals surface area contributed by atoms with E-state index in [1.165, 1.54) is 19.3 Å². The molecule has 2 atom stereocenters. The van der Waals surface area contributed by atoms with Gasteiger partial charge in [0.2, 0.25) is 0 Å². The molecule has 5 heteroatoms. The second-order valence-corrected chi connectivity index (χ2v) is 13.9. The van der Waals surface area contributed by atoms with Gasteiger partial charge in [0, 0.05) is 19.6 Å². The Kier molecular flexibility index (Phi) is 10.4. The first-order chi connectivity index (χ1) is 12.6. The molecule has 27 heavy (non-hydrogen) atoms. The molecule has 0 fully saturated rings. The van der Waals surface area contributed by atoms with E-state index in [0.29, 0.717) is 13.0 Å². The van der Waals surface area contributed by atoms with E-state index in [2.05, 4.69) is 39.9 Å². The average Bonchev–Trinajstić information content (AvgIpc) is 2.88. The van der Waals surface area contributed by atoms with E-state index in [0.717, 1.165) is 31.4 Å². The molecular weight excluding hydrogens is 356 g/mol. The van der Waals surface area contributed by atoms with Crippen LogP contribution < -0.4 is 0 Å². The van der Waals surface area contributed by atoms with Gasteiger partial charge in [0.25, 0.3) is 0 Å². The van der Waals surface area contributed by atoms with Crippen molar-refractivity contribution in [1.29, 1.82) is 0 Å². The van der Waals surface area contributed by atoms with Crippen LogP contribution in [-0.2, 0) is 18.7 Å². The topological polar surface area (TPSA) is 44.8 Å². The zero-order valence-electron chi connectivity index (χ0n) is 18.7. The predicted octanol–water partition coefficient (Wildman–Crippen LogP) is 6.02. The van der Waals surface area contributed by atoms with Gasteiger partial charge in [0.15, 0.2) is 20.4 Å². The molecule has 0 aromatic carbocycles. The Balaban J connectivity index is 2.20. The van der Waals surface area contributed by atoms with Crippen molar-refractivity contribution in [2.24, 2.45) is 0 Å². The van der Waals surface area contributed by atoms with Crippen molar-refractivity contribution in [1.82, 2.24) is 0 Å². The van der Waals surface area contributed by atoms with Gasteiger partial charge in [-0.25, -0.2) is 0 Å². The molecule has 0 aromatic heterocycles. The van der Waals surface area contributed by atoms with Gasteiger partial charge in [-0.2, -0.15) is 0 Å². The minimum Gasteiger partial charge on any atom is -0.410 e. The SMILES string of the molecule is CCOC(C)OCCCCCCCC1=CC(O[Si](C)(C)C(C)(C)C)CC1=O. The van der Waals surface area contributed by atoms with Crippen molar-refractivity contribution in [3.05, 3.63) is 11.6 Å². The summed E-state index contributed by atoms with van der Waals surface area (Å²) in [7, 11) is -1.82. The maximum Gasteiger partial charge on any atom is 0.192 e. The monoisotopic (exact) mass is 398 g/mol. The van der Waals surface area contributed by atoms with Crippen LogP contribution in [-0.4, -0.2) is 39.7 Å². The quantitative estimate of drug-likeness (QED) is 0.216. The normalized spacial score (nSPS) is 19.4. The van der Waals surface area contributed by atoms with Crippen LogP contribution in [0.5, 0.6) is 0 Å². The number of ketones is 1. The number of ether oxygens (including phenoxy) is 2. The number of hydrogen-bond acceptors (Lipinski definition) is 4. The molecule has 1 aliphatic carbocycles. The predicted molar refractivity (Wildman–Crippen MR) is 115 cm³/mol. The van der Waals surface area contributed by atoms with Gasteiger partial charge in [-0.15, -0.1) is 0 Å². The van der Waals surface area contributed by atoms with E-state index in [1.54, 1.807) is 0 Å². The first kappa shape index (κ1) is 24.5. The summed E-state index contributed by atoms with van der Waals surface area (Å²) < 4.78 is 17.3. The lowest BCUT2D eigenvalue weighted by molar-refractivity contribution is -0.127. The highest BCUT2D eigenvalue weighted by Crippen LogP contribution is 2.39. The molecule has 0 saturated carbocycles. The van der Waals surface area contributed by atoms with Crippen molar-refractivity contribution in [3.63, 3.8) is 0 Å². The third-order valence-corrected chi connectivity index (χ3v) is 10.2. The minimum atomic E-state index is -1.82. The van der Waals surface area contributed by atoms with E-state index < -0.39 is 8.32 Å². The second kappa shape index (κ2) is 11.5. The van der Waals surface area contributed by atoms with Crippen LogP contribution in [0.2, 0.25) is 18.1 Å². The smallest absolute Gasteiger partial charge is 0.192 e. The largest absolute Gasteiger partial charge is 0.410 e. The van der Waals surface area contributed by atoms with Gasteiger partial charge in [-0.3, -0.25) is 4.79 Å². The highest BCUT2D eigenvalue weighted by Gasteiger charge is 2.40. The van der Waals surface area contributed by atoms with Gasteiger partial charge in [0.05, 0.1) is 6.10 Å². The number of allylic oxidation sites excluding steroid dienone is 1. The first-order valence-electron chi connectivity index (χ1n) is 10.7. The highest BCUT2D eigenvalue weighted by molar-refractivity contribution is 6.74.